The number of nitrogens with zero attached hydrogens (tertiary/aromatic N) is 1. The normalized spacial score (nSPS) is 12.7. The van der Waals surface area contributed by atoms with Gasteiger partial charge in [-0.1, -0.05) is 25.8 Å². The summed E-state index contributed by atoms with van der Waals surface area (Å²) >= 11 is 0. The molecule has 1 atom stereocenters. The molecular weight excluding hydrogens is 523 g/mol. The van der Waals surface area contributed by atoms with Crippen LogP contribution in [0.2, 0.25) is 0 Å². The average molecular weight is 541 g/mol. The zero-order valence-corrected chi connectivity index (χ0v) is 19.6. The van der Waals surface area contributed by atoms with Crippen LogP contribution in [0.15, 0.2) is 71.5 Å². The summed E-state index contributed by atoms with van der Waals surface area (Å²) in [5, 5.41) is 4.07. The Balaban J connectivity index is 0.000000463. The molecule has 0 bridgehead atoms. The van der Waals surface area contributed by atoms with Crippen LogP contribution < -0.4 is 24.8 Å². The number of fused-ring (bicyclic) bond motifs is 1. The van der Waals surface area contributed by atoms with Gasteiger partial charge < -0.3 is 24.8 Å². The monoisotopic (exact) mass is 541 g/mol. The van der Waals surface area contributed by atoms with Gasteiger partial charge in [0.15, 0.2) is 0 Å². The zero-order chi connectivity index (χ0) is 14.7. The van der Waals surface area contributed by atoms with E-state index in [1.54, 1.807) is 0 Å². The summed E-state index contributed by atoms with van der Waals surface area (Å²) in [5.74, 6) is 4.23. The fourth-order valence-electron chi connectivity index (χ4n) is 2.34. The molecule has 1 unspecified atom stereocenters. The third kappa shape index (κ3) is 5.77. The maximum absolute atomic E-state index is 4.13. The van der Waals surface area contributed by atoms with Crippen LogP contribution in [0.5, 0.6) is 0 Å². The second-order valence-electron chi connectivity index (χ2n) is 5.21. The van der Waals surface area contributed by atoms with Crippen molar-refractivity contribution in [3.63, 3.8) is 0 Å². The minimum absolute atomic E-state index is 0. The quantitative estimate of drug-likeness (QED) is 0.314. The second kappa shape index (κ2) is 11.2. The molecule has 0 N–H and O–H groups in total. The molecule has 122 valence electrons. The van der Waals surface area contributed by atoms with Gasteiger partial charge >= 0.3 is 25.8 Å². The minimum atomic E-state index is -0.259. The summed E-state index contributed by atoms with van der Waals surface area (Å²) in [7, 11) is -0.259. The molecule has 5 heteroatoms. The van der Waals surface area contributed by atoms with Crippen molar-refractivity contribution >= 4 is 18.3 Å². The van der Waals surface area contributed by atoms with E-state index >= 15 is 0 Å². The molecule has 1 aromatic heterocycles. The second-order valence-corrected chi connectivity index (χ2v) is 7.07. The van der Waals surface area contributed by atoms with Gasteiger partial charge in [0.1, 0.15) is 0 Å². The van der Waals surface area contributed by atoms with Crippen molar-refractivity contribution in [1.29, 1.82) is 0 Å². The molecule has 1 aliphatic carbocycles. The number of halogens is 2. The van der Waals surface area contributed by atoms with E-state index in [1.165, 1.54) is 27.2 Å². The molecule has 2 aromatic carbocycles. The molecule has 0 radical (unpaired) electrons. The first kappa shape index (κ1) is 23.5. The third-order valence-electron chi connectivity index (χ3n) is 3.77. The predicted octanol–water partition coefficient (Wildman–Crippen LogP) is 0.0209. The number of rotatable bonds is 1. The van der Waals surface area contributed by atoms with Crippen molar-refractivity contribution in [2.75, 3.05) is 0 Å². The first-order valence-electron chi connectivity index (χ1n) is 7.12. The van der Waals surface area contributed by atoms with E-state index in [1.807, 2.05) is 12.1 Å². The van der Waals surface area contributed by atoms with E-state index in [-0.39, 0.29) is 58.2 Å². The third-order valence-corrected chi connectivity index (χ3v) is 5.46. The maximum Gasteiger partial charge on any atom is 4.00 e. The molecule has 24 heavy (non-hydrogen) atoms. The van der Waals surface area contributed by atoms with Gasteiger partial charge in [0.25, 0.3) is 0 Å². The molecule has 0 spiro atoms. The van der Waals surface area contributed by atoms with Crippen LogP contribution in [0.1, 0.15) is 20.3 Å². The summed E-state index contributed by atoms with van der Waals surface area (Å²) in [4.78, 5) is 4.13. The van der Waals surface area contributed by atoms with Crippen molar-refractivity contribution in [1.82, 2.24) is 4.98 Å². The number of hydrogen-bond donors (Lipinski definition) is 0. The first-order chi connectivity index (χ1) is 10.2. The van der Waals surface area contributed by atoms with Gasteiger partial charge in [0.2, 0.25) is 0 Å². The van der Waals surface area contributed by atoms with E-state index in [9.17, 15) is 0 Å². The van der Waals surface area contributed by atoms with Crippen LogP contribution in [-0.2, 0) is 25.8 Å². The Morgan fingerprint density at radius 2 is 1.92 bits per heavy atom. The van der Waals surface area contributed by atoms with Gasteiger partial charge in [0.05, 0.1) is 0 Å². The van der Waals surface area contributed by atoms with E-state index in [0.29, 0.717) is 0 Å². The number of aromatic nitrogens is 1. The standard InChI is InChI=1S/C12H9NP.C7H9.2ClH.Hf/c1-2-4-11-8-12(7-10(11)3-1)14-6-5-13-9-14;1-6-4-3-5-7(6)2;;;/h1-9H;4H,3H2,1-2H3;2*1H;/q2*-1;;;+4/p-2. The summed E-state index contributed by atoms with van der Waals surface area (Å²) in [6.07, 6.45) is 8.30. The Bertz CT molecular complexity index is 755. The molecule has 3 aromatic rings. The van der Waals surface area contributed by atoms with Gasteiger partial charge in [-0.3, -0.25) is 11.1 Å². The molecule has 0 aliphatic heterocycles. The summed E-state index contributed by atoms with van der Waals surface area (Å²) < 4.78 is 0. The van der Waals surface area contributed by atoms with Crippen molar-refractivity contribution in [2.45, 2.75) is 20.3 Å². The Labute approximate surface area is 176 Å². The Morgan fingerprint density at radius 1 is 1.17 bits per heavy atom. The molecule has 1 heterocycles. The van der Waals surface area contributed by atoms with E-state index in [0.717, 1.165) is 6.42 Å². The summed E-state index contributed by atoms with van der Waals surface area (Å²) in [5.41, 5.74) is 2.71. The summed E-state index contributed by atoms with van der Waals surface area (Å²) in [6.45, 7) is 4.22. The van der Waals surface area contributed by atoms with Crippen molar-refractivity contribution < 1.29 is 50.7 Å². The number of allylic oxidation sites excluding steroid dienone is 4. The molecule has 0 saturated heterocycles. The smallest absolute Gasteiger partial charge is 1.00 e. The fraction of sp³-hybridized carbons (Fsp3) is 0.158. The van der Waals surface area contributed by atoms with Crippen molar-refractivity contribution in [3.05, 3.63) is 77.6 Å². The van der Waals surface area contributed by atoms with Crippen molar-refractivity contribution in [2.24, 2.45) is 0 Å². The molecule has 0 amide bonds. The first-order valence-corrected chi connectivity index (χ1v) is 8.60. The average Bonchev–Trinajstić information content (AvgIpc) is 3.21. The van der Waals surface area contributed by atoms with Gasteiger partial charge in [-0.15, -0.1) is 48.4 Å². The number of benzene rings is 1. The molecule has 0 saturated carbocycles. The van der Waals surface area contributed by atoms with Crippen LogP contribution >= 0.6 is 7.53 Å². The summed E-state index contributed by atoms with van der Waals surface area (Å²) in [6, 6.07) is 13.0. The van der Waals surface area contributed by atoms with Crippen LogP contribution in [0.25, 0.3) is 16.1 Å². The molecule has 0 fully saturated rings. The van der Waals surface area contributed by atoms with Gasteiger partial charge in [0, 0.05) is 12.1 Å². The van der Waals surface area contributed by atoms with Crippen LogP contribution in [0.4, 0.5) is 0 Å². The van der Waals surface area contributed by atoms with Crippen LogP contribution in [-0.4, -0.2) is 4.98 Å². The number of hydrogen-bond acceptors (Lipinski definition) is 1. The predicted molar refractivity (Wildman–Crippen MR) is 92.2 cm³/mol. The Kier molecular flexibility index (Phi) is 10.9. The Hall–Kier alpha value is -0.530. The molecule has 4 rings (SSSR count). The van der Waals surface area contributed by atoms with Crippen molar-refractivity contribution in [3.8, 4) is 5.30 Å². The molecule has 1 nitrogen and oxygen atoms in total. The van der Waals surface area contributed by atoms with Gasteiger partial charge in [-0.25, -0.2) is 11.1 Å². The molecular formula is C19H18Cl2HfNP. The maximum atomic E-state index is 4.13. The van der Waals surface area contributed by atoms with Gasteiger partial charge in [-0.2, -0.15) is 12.1 Å². The SMILES string of the molecule is CC1=[C-]CC=C1C.[Cl-].[Cl-].[Hf+4].c1ccc2[cH-]c(-p3ccnc3)cc2c1. The van der Waals surface area contributed by atoms with Crippen LogP contribution in [0, 0.1) is 6.08 Å². The van der Waals surface area contributed by atoms with Crippen LogP contribution in [0.3, 0.4) is 0 Å². The Morgan fingerprint density at radius 3 is 2.42 bits per heavy atom. The van der Waals surface area contributed by atoms with Gasteiger partial charge in [-0.05, 0) is 5.80 Å². The minimum Gasteiger partial charge on any atom is -1.00 e. The van der Waals surface area contributed by atoms with E-state index in [4.69, 9.17) is 0 Å². The molecule has 1 aliphatic rings. The largest absolute Gasteiger partial charge is 4.00 e. The van der Waals surface area contributed by atoms with E-state index in [2.05, 4.69) is 73.2 Å². The fourth-order valence-corrected chi connectivity index (χ4v) is 3.74. The topological polar surface area (TPSA) is 12.9 Å². The van der Waals surface area contributed by atoms with E-state index < -0.39 is 0 Å². The zero-order valence-electron chi connectivity index (χ0n) is 13.6.